The van der Waals surface area contributed by atoms with Crippen LogP contribution in [0.2, 0.25) is 0 Å². The van der Waals surface area contributed by atoms with Crippen LogP contribution in [-0.2, 0) is 4.84 Å². The van der Waals surface area contributed by atoms with Crippen molar-refractivity contribution in [3.63, 3.8) is 0 Å². The lowest BCUT2D eigenvalue weighted by molar-refractivity contribution is 0.148. The van der Waals surface area contributed by atoms with Gasteiger partial charge in [0.1, 0.15) is 12.3 Å². The average Bonchev–Trinajstić information content (AvgIpc) is 2.99. The summed E-state index contributed by atoms with van der Waals surface area (Å²) in [5.74, 6) is 0. The smallest absolute Gasteiger partial charge is 0.133 e. The molecule has 0 atom stereocenters. The summed E-state index contributed by atoms with van der Waals surface area (Å²) >= 11 is 0. The zero-order valence-corrected chi connectivity index (χ0v) is 14.9. The fraction of sp³-hybridized carbons (Fsp3) is 0.176. The first kappa shape index (κ1) is 20.0. The maximum Gasteiger partial charge on any atom is 0.133 e. The first-order valence-corrected chi connectivity index (χ1v) is 7.21. The van der Waals surface area contributed by atoms with Crippen molar-refractivity contribution in [2.24, 2.45) is 5.16 Å². The third-order valence-corrected chi connectivity index (χ3v) is 3.33. The second-order valence-corrected chi connectivity index (χ2v) is 4.89. The minimum absolute atomic E-state index is 0. The second-order valence-electron chi connectivity index (χ2n) is 4.89. The topological polar surface area (TPSA) is 62.3 Å². The highest BCUT2D eigenvalue weighted by atomic mass is 35.5. The lowest BCUT2D eigenvalue weighted by Gasteiger charge is -2.05. The van der Waals surface area contributed by atoms with Crippen molar-refractivity contribution in [2.45, 2.75) is 0 Å². The first-order valence-electron chi connectivity index (χ1n) is 7.21. The first-order chi connectivity index (χ1) is 10.9. The summed E-state index contributed by atoms with van der Waals surface area (Å²) in [5, 5.41) is 8.45. The Morgan fingerprint density at radius 3 is 2.71 bits per heavy atom. The summed E-state index contributed by atoms with van der Waals surface area (Å²) in [6.07, 6.45) is 3.59. The molecule has 0 fully saturated rings. The molecule has 24 heavy (non-hydrogen) atoms. The van der Waals surface area contributed by atoms with Crippen molar-refractivity contribution in [3.05, 3.63) is 66.1 Å². The standard InChI is InChI=1S/C17H18N4O.2ClH/c1-18-9-10-22-21-17(13-5-3-2-4-6-13)15-11-14-7-8-19-12-16(14)20-15;;/h2-8,11-12,18,20H,9-10H2,1H3;2*1H. The Bertz CT molecular complexity index is 741. The maximum absolute atomic E-state index is 5.43. The molecule has 1 aromatic carbocycles. The molecule has 0 aliphatic carbocycles. The van der Waals surface area contributed by atoms with Gasteiger partial charge < -0.3 is 15.1 Å². The summed E-state index contributed by atoms with van der Waals surface area (Å²) in [4.78, 5) is 12.9. The Balaban J connectivity index is 0.00000144. The number of hydrogen-bond acceptors (Lipinski definition) is 4. The fourth-order valence-corrected chi connectivity index (χ4v) is 2.21. The van der Waals surface area contributed by atoms with Gasteiger partial charge in [0.25, 0.3) is 0 Å². The Labute approximate surface area is 153 Å². The molecule has 128 valence electrons. The lowest BCUT2D eigenvalue weighted by Crippen LogP contribution is -2.13. The Kier molecular flexibility index (Phi) is 8.26. The highest BCUT2D eigenvalue weighted by molar-refractivity contribution is 6.13. The molecule has 0 aliphatic heterocycles. The van der Waals surface area contributed by atoms with Gasteiger partial charge in [-0.05, 0) is 19.2 Å². The van der Waals surface area contributed by atoms with Crippen molar-refractivity contribution in [1.82, 2.24) is 15.3 Å². The maximum atomic E-state index is 5.43. The van der Waals surface area contributed by atoms with Crippen molar-refractivity contribution in [1.29, 1.82) is 0 Å². The number of rotatable bonds is 6. The second kappa shape index (κ2) is 9.93. The summed E-state index contributed by atoms with van der Waals surface area (Å²) < 4.78 is 0. The number of pyridine rings is 1. The Hall–Kier alpha value is -2.08. The van der Waals surface area contributed by atoms with E-state index in [2.05, 4.69) is 26.5 Å². The van der Waals surface area contributed by atoms with Gasteiger partial charge in [0.2, 0.25) is 0 Å². The van der Waals surface area contributed by atoms with Crippen LogP contribution in [0.4, 0.5) is 0 Å². The van der Waals surface area contributed by atoms with Crippen LogP contribution in [0.5, 0.6) is 0 Å². The molecule has 0 spiro atoms. The van der Waals surface area contributed by atoms with Gasteiger partial charge in [0.05, 0.1) is 17.4 Å². The van der Waals surface area contributed by atoms with Gasteiger partial charge in [-0.15, -0.1) is 24.8 Å². The van der Waals surface area contributed by atoms with Crippen LogP contribution in [0.1, 0.15) is 11.3 Å². The molecule has 0 bridgehead atoms. The zero-order valence-electron chi connectivity index (χ0n) is 13.2. The van der Waals surface area contributed by atoms with E-state index in [9.17, 15) is 0 Å². The summed E-state index contributed by atoms with van der Waals surface area (Å²) in [7, 11) is 1.88. The molecule has 3 aromatic rings. The van der Waals surface area contributed by atoms with Crippen LogP contribution in [0.25, 0.3) is 10.9 Å². The number of aromatic nitrogens is 2. The lowest BCUT2D eigenvalue weighted by atomic mass is 10.1. The average molecular weight is 367 g/mol. The van der Waals surface area contributed by atoms with Crippen molar-refractivity contribution in [3.8, 4) is 0 Å². The quantitative estimate of drug-likeness (QED) is 0.399. The normalized spacial score (nSPS) is 10.8. The van der Waals surface area contributed by atoms with Gasteiger partial charge in [0.15, 0.2) is 0 Å². The van der Waals surface area contributed by atoms with E-state index in [4.69, 9.17) is 4.84 Å². The van der Waals surface area contributed by atoms with E-state index in [0.717, 1.165) is 34.4 Å². The van der Waals surface area contributed by atoms with E-state index in [1.54, 1.807) is 6.20 Å². The molecule has 0 radical (unpaired) electrons. The number of aromatic amines is 1. The molecule has 2 aromatic heterocycles. The third kappa shape index (κ3) is 4.71. The monoisotopic (exact) mass is 366 g/mol. The summed E-state index contributed by atoms with van der Waals surface area (Å²) in [6, 6.07) is 14.0. The van der Waals surface area contributed by atoms with Crippen LogP contribution in [0.3, 0.4) is 0 Å². The molecular weight excluding hydrogens is 347 g/mol. The van der Waals surface area contributed by atoms with Crippen LogP contribution >= 0.6 is 24.8 Å². The van der Waals surface area contributed by atoms with Gasteiger partial charge in [-0.2, -0.15) is 0 Å². The van der Waals surface area contributed by atoms with Crippen molar-refractivity contribution >= 4 is 41.4 Å². The van der Waals surface area contributed by atoms with Crippen LogP contribution < -0.4 is 5.32 Å². The van der Waals surface area contributed by atoms with Crippen molar-refractivity contribution in [2.75, 3.05) is 20.2 Å². The van der Waals surface area contributed by atoms with Gasteiger partial charge >= 0.3 is 0 Å². The van der Waals surface area contributed by atoms with E-state index in [0.29, 0.717) is 6.61 Å². The van der Waals surface area contributed by atoms with E-state index >= 15 is 0 Å². The van der Waals surface area contributed by atoms with Gasteiger partial charge in [-0.25, -0.2) is 0 Å². The molecular formula is C17H20Cl2N4O. The molecule has 0 amide bonds. The van der Waals surface area contributed by atoms with E-state index in [-0.39, 0.29) is 24.8 Å². The van der Waals surface area contributed by atoms with Crippen molar-refractivity contribution < 1.29 is 4.84 Å². The molecule has 3 rings (SSSR count). The number of fused-ring (bicyclic) bond motifs is 1. The van der Waals surface area contributed by atoms with E-state index < -0.39 is 0 Å². The molecule has 0 saturated heterocycles. The third-order valence-electron chi connectivity index (χ3n) is 3.33. The van der Waals surface area contributed by atoms with Gasteiger partial charge in [-0.3, -0.25) is 4.98 Å². The van der Waals surface area contributed by atoms with Crippen LogP contribution in [-0.4, -0.2) is 35.9 Å². The predicted octanol–water partition coefficient (Wildman–Crippen LogP) is 3.39. The van der Waals surface area contributed by atoms with E-state index in [1.165, 1.54) is 0 Å². The largest absolute Gasteiger partial charge is 0.394 e. The SMILES string of the molecule is CNCCON=C(c1ccccc1)c1cc2ccncc2[nH]1.Cl.Cl. The molecule has 0 aliphatic rings. The van der Waals surface area contributed by atoms with Gasteiger partial charge in [0, 0.05) is 23.7 Å². The van der Waals surface area contributed by atoms with Crippen LogP contribution in [0.15, 0.2) is 60.0 Å². The number of halogens is 2. The molecule has 2 heterocycles. The van der Waals surface area contributed by atoms with E-state index in [1.807, 2.05) is 49.6 Å². The highest BCUT2D eigenvalue weighted by Crippen LogP contribution is 2.17. The number of nitrogens with zero attached hydrogens (tertiary/aromatic N) is 2. The number of hydrogen-bond donors (Lipinski definition) is 2. The molecule has 7 heteroatoms. The number of oxime groups is 1. The molecule has 2 N–H and O–H groups in total. The minimum atomic E-state index is 0. The molecule has 0 unspecified atom stereocenters. The molecule has 0 saturated carbocycles. The predicted molar refractivity (Wildman–Crippen MR) is 103 cm³/mol. The summed E-state index contributed by atoms with van der Waals surface area (Å²) in [6.45, 7) is 1.27. The zero-order chi connectivity index (χ0) is 15.2. The number of H-pyrrole nitrogens is 1. The Morgan fingerprint density at radius 2 is 2.00 bits per heavy atom. The fourth-order valence-electron chi connectivity index (χ4n) is 2.21. The highest BCUT2D eigenvalue weighted by Gasteiger charge is 2.11. The number of benzene rings is 1. The minimum Gasteiger partial charge on any atom is -0.394 e. The van der Waals surface area contributed by atoms with Crippen LogP contribution in [0, 0.1) is 0 Å². The summed E-state index contributed by atoms with van der Waals surface area (Å²) in [5.41, 5.74) is 3.69. The number of likely N-dealkylation sites (N-methyl/N-ethyl adjacent to an activating group) is 1. The van der Waals surface area contributed by atoms with Gasteiger partial charge in [-0.1, -0.05) is 35.5 Å². The Morgan fingerprint density at radius 1 is 1.21 bits per heavy atom. The molecule has 5 nitrogen and oxygen atoms in total. The number of nitrogens with one attached hydrogen (secondary N) is 2.